The van der Waals surface area contributed by atoms with Gasteiger partial charge in [0.15, 0.2) is 0 Å². The third kappa shape index (κ3) is 4.63. The Labute approximate surface area is 138 Å². The number of halogens is 1. The number of ether oxygens (including phenoxy) is 2. The number of alkyl carbamates (subject to hydrolysis) is 1. The molecular formula is C16H19BrN2O3. The standard InChI is InChI=1S/C16H19BrN2O3/c1-15(2,3)22-14(20)19-16(6-7-16)10-21-13-5-4-12(17)8-11(13)9-18/h4-5,8H,6-7,10H2,1-3H3,(H,19,20). The number of nitriles is 1. The van der Waals surface area contributed by atoms with Crippen molar-refractivity contribution in [2.24, 2.45) is 0 Å². The van der Waals surface area contributed by atoms with Crippen molar-refractivity contribution in [3.8, 4) is 11.8 Å². The molecule has 1 aromatic carbocycles. The van der Waals surface area contributed by atoms with Crippen LogP contribution in [-0.4, -0.2) is 23.8 Å². The van der Waals surface area contributed by atoms with Crippen LogP contribution in [0.25, 0.3) is 0 Å². The first-order valence-electron chi connectivity index (χ1n) is 7.07. The third-order valence-corrected chi connectivity index (χ3v) is 3.68. The monoisotopic (exact) mass is 366 g/mol. The van der Waals surface area contributed by atoms with Crippen molar-refractivity contribution in [2.75, 3.05) is 6.61 Å². The summed E-state index contributed by atoms with van der Waals surface area (Å²) in [5, 5.41) is 12.0. The van der Waals surface area contributed by atoms with E-state index in [1.165, 1.54) is 0 Å². The van der Waals surface area contributed by atoms with Gasteiger partial charge in [-0.25, -0.2) is 4.79 Å². The molecule has 0 unspecified atom stereocenters. The van der Waals surface area contributed by atoms with Crippen LogP contribution in [0.15, 0.2) is 22.7 Å². The van der Waals surface area contributed by atoms with Crippen LogP contribution in [0.4, 0.5) is 4.79 Å². The van der Waals surface area contributed by atoms with Gasteiger partial charge in [0, 0.05) is 4.47 Å². The second kappa shape index (κ2) is 6.17. The molecule has 0 heterocycles. The van der Waals surface area contributed by atoms with Crippen molar-refractivity contribution in [2.45, 2.75) is 44.8 Å². The quantitative estimate of drug-likeness (QED) is 0.880. The first-order valence-corrected chi connectivity index (χ1v) is 7.86. The number of amides is 1. The van der Waals surface area contributed by atoms with Crippen LogP contribution < -0.4 is 10.1 Å². The number of carbonyl (C=O) groups excluding carboxylic acids is 1. The summed E-state index contributed by atoms with van der Waals surface area (Å²) in [7, 11) is 0. The minimum atomic E-state index is -0.527. The Morgan fingerprint density at radius 2 is 2.14 bits per heavy atom. The van der Waals surface area contributed by atoms with Gasteiger partial charge < -0.3 is 14.8 Å². The van der Waals surface area contributed by atoms with Gasteiger partial charge in [0.25, 0.3) is 0 Å². The number of hydrogen-bond donors (Lipinski definition) is 1. The summed E-state index contributed by atoms with van der Waals surface area (Å²) in [5.74, 6) is 0.517. The Hall–Kier alpha value is -1.74. The highest BCUT2D eigenvalue weighted by Crippen LogP contribution is 2.36. The zero-order valence-electron chi connectivity index (χ0n) is 12.9. The van der Waals surface area contributed by atoms with E-state index in [0.717, 1.165) is 17.3 Å². The van der Waals surface area contributed by atoms with Crippen LogP contribution >= 0.6 is 15.9 Å². The SMILES string of the molecule is CC(C)(C)OC(=O)NC1(COc2ccc(Br)cc2C#N)CC1. The number of hydrogen-bond acceptors (Lipinski definition) is 4. The highest BCUT2D eigenvalue weighted by Gasteiger charge is 2.46. The highest BCUT2D eigenvalue weighted by molar-refractivity contribution is 9.10. The molecule has 1 saturated carbocycles. The van der Waals surface area contributed by atoms with E-state index in [2.05, 4.69) is 27.3 Å². The second-order valence-corrected chi connectivity index (χ2v) is 7.36. The molecule has 1 aromatic rings. The number of benzene rings is 1. The fraction of sp³-hybridized carbons (Fsp3) is 0.500. The minimum Gasteiger partial charge on any atom is -0.490 e. The van der Waals surface area contributed by atoms with Gasteiger partial charge in [-0.1, -0.05) is 15.9 Å². The van der Waals surface area contributed by atoms with Gasteiger partial charge in [0.2, 0.25) is 0 Å². The molecule has 0 aliphatic heterocycles. The summed E-state index contributed by atoms with van der Waals surface area (Å²) in [4.78, 5) is 11.8. The molecule has 0 saturated heterocycles. The van der Waals surface area contributed by atoms with E-state index in [-0.39, 0.29) is 5.54 Å². The lowest BCUT2D eigenvalue weighted by molar-refractivity contribution is 0.0477. The maximum absolute atomic E-state index is 11.8. The number of nitrogens with one attached hydrogen (secondary N) is 1. The zero-order valence-corrected chi connectivity index (χ0v) is 14.5. The van der Waals surface area contributed by atoms with E-state index in [1.54, 1.807) is 12.1 Å². The lowest BCUT2D eigenvalue weighted by atomic mass is 10.2. The van der Waals surface area contributed by atoms with Gasteiger partial charge in [0.1, 0.15) is 24.0 Å². The average molecular weight is 367 g/mol. The van der Waals surface area contributed by atoms with Gasteiger partial charge in [-0.05, 0) is 51.8 Å². The first-order chi connectivity index (χ1) is 10.2. The Morgan fingerprint density at radius 3 is 2.68 bits per heavy atom. The molecule has 0 spiro atoms. The topological polar surface area (TPSA) is 71.3 Å². The molecule has 0 radical (unpaired) electrons. The van der Waals surface area contributed by atoms with Crippen LogP contribution in [0.1, 0.15) is 39.2 Å². The van der Waals surface area contributed by atoms with Gasteiger partial charge in [-0.3, -0.25) is 0 Å². The molecule has 2 rings (SSSR count). The smallest absolute Gasteiger partial charge is 0.408 e. The highest BCUT2D eigenvalue weighted by atomic mass is 79.9. The Kier molecular flexibility index (Phi) is 4.66. The van der Waals surface area contributed by atoms with Crippen molar-refractivity contribution in [3.63, 3.8) is 0 Å². The molecule has 1 amide bonds. The summed E-state index contributed by atoms with van der Waals surface area (Å²) < 4.78 is 11.8. The van der Waals surface area contributed by atoms with Crippen LogP contribution in [-0.2, 0) is 4.74 Å². The van der Waals surface area contributed by atoms with E-state index in [4.69, 9.17) is 14.7 Å². The molecule has 0 atom stereocenters. The Balaban J connectivity index is 1.94. The van der Waals surface area contributed by atoms with Gasteiger partial charge in [0.05, 0.1) is 11.1 Å². The lowest BCUT2D eigenvalue weighted by Crippen LogP contribution is -2.44. The molecule has 118 valence electrons. The number of carbonyl (C=O) groups is 1. The van der Waals surface area contributed by atoms with Crippen molar-refractivity contribution < 1.29 is 14.3 Å². The maximum atomic E-state index is 11.8. The molecule has 22 heavy (non-hydrogen) atoms. The summed E-state index contributed by atoms with van der Waals surface area (Å²) >= 11 is 3.32. The largest absolute Gasteiger partial charge is 0.490 e. The Bertz CT molecular complexity index is 613. The number of rotatable bonds is 4. The lowest BCUT2D eigenvalue weighted by Gasteiger charge is -2.23. The molecule has 6 heteroatoms. The van der Waals surface area contributed by atoms with Crippen molar-refractivity contribution >= 4 is 22.0 Å². The van der Waals surface area contributed by atoms with Crippen molar-refractivity contribution in [3.05, 3.63) is 28.2 Å². The van der Waals surface area contributed by atoms with E-state index >= 15 is 0 Å². The Morgan fingerprint density at radius 1 is 1.45 bits per heavy atom. The van der Waals surface area contributed by atoms with E-state index in [1.807, 2.05) is 26.8 Å². The van der Waals surface area contributed by atoms with E-state index in [9.17, 15) is 4.79 Å². The molecule has 1 aliphatic rings. The fourth-order valence-corrected chi connectivity index (χ4v) is 2.27. The van der Waals surface area contributed by atoms with Gasteiger partial charge >= 0.3 is 6.09 Å². The summed E-state index contributed by atoms with van der Waals surface area (Å²) in [6.07, 6.45) is 1.24. The maximum Gasteiger partial charge on any atom is 0.408 e. The van der Waals surface area contributed by atoms with Gasteiger partial charge in [-0.15, -0.1) is 0 Å². The molecule has 1 N–H and O–H groups in total. The number of nitrogens with zero attached hydrogens (tertiary/aromatic N) is 1. The molecule has 5 nitrogen and oxygen atoms in total. The zero-order chi connectivity index (χ0) is 16.4. The second-order valence-electron chi connectivity index (χ2n) is 6.45. The van der Waals surface area contributed by atoms with Crippen LogP contribution in [0.5, 0.6) is 5.75 Å². The summed E-state index contributed by atoms with van der Waals surface area (Å²) in [6, 6.07) is 7.36. The summed E-state index contributed by atoms with van der Waals surface area (Å²) in [5.41, 5.74) is -0.453. The van der Waals surface area contributed by atoms with E-state index in [0.29, 0.717) is 17.9 Å². The minimum absolute atomic E-state index is 0.322. The molecule has 1 fully saturated rings. The van der Waals surface area contributed by atoms with Crippen LogP contribution in [0.3, 0.4) is 0 Å². The van der Waals surface area contributed by atoms with Crippen LogP contribution in [0.2, 0.25) is 0 Å². The van der Waals surface area contributed by atoms with E-state index < -0.39 is 11.7 Å². The van der Waals surface area contributed by atoms with Crippen molar-refractivity contribution in [1.29, 1.82) is 5.26 Å². The van der Waals surface area contributed by atoms with Gasteiger partial charge in [-0.2, -0.15) is 5.26 Å². The normalized spacial score (nSPS) is 15.6. The fourth-order valence-electron chi connectivity index (χ4n) is 1.91. The van der Waals surface area contributed by atoms with Crippen LogP contribution in [0, 0.1) is 11.3 Å². The average Bonchev–Trinajstić information content (AvgIpc) is 3.14. The summed E-state index contributed by atoms with van der Waals surface area (Å²) in [6.45, 7) is 5.79. The molecular weight excluding hydrogens is 348 g/mol. The first kappa shape index (κ1) is 16.6. The molecule has 0 bridgehead atoms. The molecule has 0 aromatic heterocycles. The predicted octanol–water partition coefficient (Wildman–Crippen LogP) is 3.76. The molecule has 1 aliphatic carbocycles. The predicted molar refractivity (Wildman–Crippen MR) is 85.7 cm³/mol. The van der Waals surface area contributed by atoms with Crippen molar-refractivity contribution in [1.82, 2.24) is 5.32 Å². The third-order valence-electron chi connectivity index (χ3n) is 3.19.